The predicted octanol–water partition coefficient (Wildman–Crippen LogP) is 1.13. The Morgan fingerprint density at radius 1 is 1.50 bits per heavy atom. The molecule has 1 aliphatic heterocycles. The van der Waals surface area contributed by atoms with E-state index in [1.807, 2.05) is 0 Å². The van der Waals surface area contributed by atoms with Gasteiger partial charge >= 0.3 is 0 Å². The zero-order chi connectivity index (χ0) is 10.3. The number of likely N-dealkylation sites (tertiary alicyclic amines) is 1. The van der Waals surface area contributed by atoms with Crippen molar-refractivity contribution in [3.63, 3.8) is 0 Å². The summed E-state index contributed by atoms with van der Waals surface area (Å²) in [6.07, 6.45) is 2.57. The lowest BCUT2D eigenvalue weighted by Gasteiger charge is -2.31. The van der Waals surface area contributed by atoms with Crippen LogP contribution in [0.5, 0.6) is 0 Å². The van der Waals surface area contributed by atoms with Gasteiger partial charge in [-0.2, -0.15) is 0 Å². The van der Waals surface area contributed by atoms with Crippen LogP contribution in [0.4, 0.5) is 0 Å². The molecule has 2 N–H and O–H groups in total. The normalized spacial score (nSPS) is 35.5. The highest BCUT2D eigenvalue weighted by Crippen LogP contribution is 2.54. The molecule has 2 unspecified atom stereocenters. The summed E-state index contributed by atoms with van der Waals surface area (Å²) in [5.41, 5.74) is 5.79. The topological polar surface area (TPSA) is 46.3 Å². The first kappa shape index (κ1) is 10.5. The molecule has 1 heterocycles. The van der Waals surface area contributed by atoms with Crippen molar-refractivity contribution >= 4 is 29.1 Å². The summed E-state index contributed by atoms with van der Waals surface area (Å²) >= 11 is 11.7. The van der Waals surface area contributed by atoms with Crippen molar-refractivity contribution in [1.82, 2.24) is 4.90 Å². The predicted molar refractivity (Wildman–Crippen MR) is 56.3 cm³/mol. The van der Waals surface area contributed by atoms with Gasteiger partial charge in [-0.1, -0.05) is 0 Å². The molecule has 1 amide bonds. The molecule has 0 spiro atoms. The maximum Gasteiger partial charge on any atom is 0.228 e. The van der Waals surface area contributed by atoms with E-state index >= 15 is 0 Å². The van der Waals surface area contributed by atoms with E-state index < -0.39 is 4.33 Å². The lowest BCUT2D eigenvalue weighted by Crippen LogP contribution is -2.46. The zero-order valence-electron chi connectivity index (χ0n) is 7.88. The first-order valence-electron chi connectivity index (χ1n) is 4.93. The van der Waals surface area contributed by atoms with Crippen molar-refractivity contribution in [1.29, 1.82) is 0 Å². The number of alkyl halides is 2. The number of hydrogen-bond acceptors (Lipinski definition) is 2. The Labute approximate surface area is 93.5 Å². The van der Waals surface area contributed by atoms with E-state index in [2.05, 4.69) is 0 Å². The second-order valence-corrected chi connectivity index (χ2v) is 5.75. The fourth-order valence-corrected chi connectivity index (χ4v) is 2.41. The van der Waals surface area contributed by atoms with Crippen molar-refractivity contribution < 1.29 is 4.79 Å². The quantitative estimate of drug-likeness (QED) is 0.695. The highest BCUT2D eigenvalue weighted by molar-refractivity contribution is 6.52. The van der Waals surface area contributed by atoms with Gasteiger partial charge in [0.25, 0.3) is 0 Å². The lowest BCUT2D eigenvalue weighted by molar-refractivity contribution is -0.133. The first-order valence-corrected chi connectivity index (χ1v) is 5.68. The van der Waals surface area contributed by atoms with Gasteiger partial charge in [-0.15, -0.1) is 23.2 Å². The van der Waals surface area contributed by atoms with Gasteiger partial charge in [0.2, 0.25) is 5.91 Å². The number of nitrogens with zero attached hydrogens (tertiary/aromatic N) is 1. The fourth-order valence-electron chi connectivity index (χ4n) is 1.91. The molecule has 1 saturated carbocycles. The van der Waals surface area contributed by atoms with Crippen molar-refractivity contribution in [3.05, 3.63) is 0 Å². The van der Waals surface area contributed by atoms with Gasteiger partial charge in [0.15, 0.2) is 0 Å². The number of amides is 1. The van der Waals surface area contributed by atoms with E-state index in [4.69, 9.17) is 28.9 Å². The molecule has 2 fully saturated rings. The fraction of sp³-hybridized carbons (Fsp3) is 0.889. The molecule has 1 aliphatic carbocycles. The van der Waals surface area contributed by atoms with Crippen LogP contribution in [0.25, 0.3) is 0 Å². The summed E-state index contributed by atoms with van der Waals surface area (Å²) in [5, 5.41) is 0. The number of halogens is 2. The Morgan fingerprint density at radius 3 is 2.64 bits per heavy atom. The number of carbonyl (C=O) groups excluding carboxylic acids is 1. The van der Waals surface area contributed by atoms with Crippen LogP contribution in [-0.2, 0) is 4.79 Å². The van der Waals surface area contributed by atoms with Gasteiger partial charge in [0.05, 0.1) is 5.92 Å². The van der Waals surface area contributed by atoms with Gasteiger partial charge in [0.1, 0.15) is 4.33 Å². The van der Waals surface area contributed by atoms with Crippen LogP contribution in [0.1, 0.15) is 19.3 Å². The highest BCUT2D eigenvalue weighted by atomic mass is 35.5. The molecule has 0 aromatic carbocycles. The molecule has 0 aromatic heterocycles. The molecule has 5 heteroatoms. The van der Waals surface area contributed by atoms with Crippen molar-refractivity contribution in [2.45, 2.75) is 29.6 Å². The van der Waals surface area contributed by atoms with Crippen LogP contribution in [0.15, 0.2) is 0 Å². The molecule has 0 radical (unpaired) electrons. The maximum atomic E-state index is 11.8. The van der Waals surface area contributed by atoms with Gasteiger partial charge < -0.3 is 10.6 Å². The van der Waals surface area contributed by atoms with Crippen LogP contribution >= 0.6 is 23.2 Å². The first-order chi connectivity index (χ1) is 6.50. The van der Waals surface area contributed by atoms with Crippen LogP contribution in [0.3, 0.4) is 0 Å². The minimum Gasteiger partial charge on any atom is -0.341 e. The molecule has 2 atom stereocenters. The summed E-state index contributed by atoms with van der Waals surface area (Å²) in [5.74, 6) is -0.124. The van der Waals surface area contributed by atoms with Crippen LogP contribution in [0.2, 0.25) is 0 Å². The third kappa shape index (κ3) is 2.00. The molecular weight excluding hydrogens is 223 g/mol. The second-order valence-electron chi connectivity index (χ2n) is 4.20. The molecule has 0 bridgehead atoms. The van der Waals surface area contributed by atoms with E-state index in [-0.39, 0.29) is 17.9 Å². The van der Waals surface area contributed by atoms with E-state index in [0.29, 0.717) is 13.0 Å². The summed E-state index contributed by atoms with van der Waals surface area (Å²) in [7, 11) is 0. The average molecular weight is 237 g/mol. The van der Waals surface area contributed by atoms with E-state index in [9.17, 15) is 4.79 Å². The van der Waals surface area contributed by atoms with Gasteiger partial charge in [-0.05, 0) is 19.3 Å². The van der Waals surface area contributed by atoms with Crippen LogP contribution < -0.4 is 5.73 Å². The smallest absolute Gasteiger partial charge is 0.228 e. The third-order valence-electron chi connectivity index (χ3n) is 2.89. The minimum absolute atomic E-state index is 0.0742. The van der Waals surface area contributed by atoms with Gasteiger partial charge in [0, 0.05) is 19.1 Å². The third-order valence-corrected chi connectivity index (χ3v) is 3.73. The summed E-state index contributed by atoms with van der Waals surface area (Å²) in [6, 6.07) is 0.117. The average Bonchev–Trinajstić information content (AvgIpc) is 2.74. The van der Waals surface area contributed by atoms with E-state index in [0.717, 1.165) is 19.4 Å². The Balaban J connectivity index is 1.92. The zero-order valence-corrected chi connectivity index (χ0v) is 9.39. The largest absolute Gasteiger partial charge is 0.341 e. The number of piperidine rings is 1. The van der Waals surface area contributed by atoms with Gasteiger partial charge in [-0.3, -0.25) is 4.79 Å². The Bertz CT molecular complexity index is 257. The van der Waals surface area contributed by atoms with Crippen molar-refractivity contribution in [2.24, 2.45) is 11.7 Å². The molecule has 80 valence electrons. The number of carbonyl (C=O) groups is 1. The van der Waals surface area contributed by atoms with Gasteiger partial charge in [-0.25, -0.2) is 0 Å². The molecule has 0 aromatic rings. The summed E-state index contributed by atoms with van der Waals surface area (Å²) in [6.45, 7) is 1.45. The van der Waals surface area contributed by atoms with Crippen LogP contribution in [-0.4, -0.2) is 34.3 Å². The molecule has 2 aliphatic rings. The minimum atomic E-state index is -0.807. The van der Waals surface area contributed by atoms with Crippen molar-refractivity contribution in [2.75, 3.05) is 13.1 Å². The Hall–Kier alpha value is 0.01000. The van der Waals surface area contributed by atoms with E-state index in [1.165, 1.54) is 0 Å². The Kier molecular flexibility index (Phi) is 2.66. The number of nitrogens with two attached hydrogens (primary N) is 1. The SMILES string of the molecule is NC1CCCN(C(=O)C2CC2(Cl)Cl)C1. The number of hydrogen-bond donors (Lipinski definition) is 1. The molecular formula is C9H14Cl2N2O. The standard InChI is InChI=1S/C9H14Cl2N2O/c10-9(11)4-7(9)8(14)13-3-1-2-6(12)5-13/h6-7H,1-5,12H2. The molecule has 3 nitrogen and oxygen atoms in total. The second kappa shape index (κ2) is 3.54. The monoisotopic (exact) mass is 236 g/mol. The summed E-state index contributed by atoms with van der Waals surface area (Å²) in [4.78, 5) is 13.6. The lowest BCUT2D eigenvalue weighted by atomic mass is 10.1. The number of rotatable bonds is 1. The molecule has 14 heavy (non-hydrogen) atoms. The summed E-state index contributed by atoms with van der Waals surface area (Å²) < 4.78 is -0.807. The maximum absolute atomic E-state index is 11.8. The van der Waals surface area contributed by atoms with E-state index in [1.54, 1.807) is 4.90 Å². The Morgan fingerprint density at radius 2 is 2.14 bits per heavy atom. The highest BCUT2D eigenvalue weighted by Gasteiger charge is 2.57. The molecule has 1 saturated heterocycles. The molecule has 2 rings (SSSR count). The van der Waals surface area contributed by atoms with Crippen molar-refractivity contribution in [3.8, 4) is 0 Å². The van der Waals surface area contributed by atoms with Crippen LogP contribution in [0, 0.1) is 5.92 Å².